The minimum absolute atomic E-state index is 0.0685. The van der Waals surface area contributed by atoms with E-state index in [2.05, 4.69) is 19.0 Å². The summed E-state index contributed by atoms with van der Waals surface area (Å²) in [6, 6.07) is 7.57. The lowest BCUT2D eigenvalue weighted by atomic mass is 9.73. The molecule has 3 aliphatic rings. The summed E-state index contributed by atoms with van der Waals surface area (Å²) in [5, 5.41) is 7.60. The van der Waals surface area contributed by atoms with Crippen molar-refractivity contribution in [2.75, 3.05) is 33.7 Å². The molecule has 0 aliphatic carbocycles. The van der Waals surface area contributed by atoms with Crippen LogP contribution in [0.4, 0.5) is 0 Å². The summed E-state index contributed by atoms with van der Waals surface area (Å²) in [6.45, 7) is 2.42. The Balaban J connectivity index is 0.000000659. The van der Waals surface area contributed by atoms with E-state index in [9.17, 15) is 4.79 Å². The lowest BCUT2D eigenvalue weighted by Crippen LogP contribution is -2.40. The van der Waals surface area contributed by atoms with E-state index in [-0.39, 0.29) is 18.0 Å². The number of nitrogens with zero attached hydrogens (tertiary/aromatic N) is 2. The van der Waals surface area contributed by atoms with Gasteiger partial charge in [-0.15, -0.1) is 0 Å². The van der Waals surface area contributed by atoms with Crippen molar-refractivity contribution in [1.82, 2.24) is 9.80 Å². The topological polar surface area (TPSA) is 70.1 Å². The maximum absolute atomic E-state index is 12.8. The summed E-state index contributed by atoms with van der Waals surface area (Å²) in [5.41, 5.74) is 0.954. The Bertz CT molecular complexity index is 681. The Morgan fingerprint density at radius 2 is 2.07 bits per heavy atom. The van der Waals surface area contributed by atoms with Gasteiger partial charge in [0.2, 0.25) is 5.91 Å². The Morgan fingerprint density at radius 1 is 1.41 bits per heavy atom. The Morgan fingerprint density at radius 3 is 2.70 bits per heavy atom. The molecule has 3 saturated heterocycles. The van der Waals surface area contributed by atoms with E-state index in [0.717, 1.165) is 38.0 Å². The second-order valence-electron chi connectivity index (χ2n) is 7.98. The smallest absolute Gasteiger partial charge is 0.290 e. The number of fused-ring (bicyclic) bond motifs is 1. The second-order valence-corrected chi connectivity index (χ2v) is 8.41. The van der Waals surface area contributed by atoms with Crippen LogP contribution >= 0.6 is 11.6 Å². The molecule has 4 atom stereocenters. The number of carbonyl (C=O) groups excluding carboxylic acids is 1. The predicted molar refractivity (Wildman–Crippen MR) is 103 cm³/mol. The largest absolute Gasteiger partial charge is 0.483 e. The summed E-state index contributed by atoms with van der Waals surface area (Å²) in [7, 11) is 4.24. The van der Waals surface area contributed by atoms with Crippen LogP contribution in [0.1, 0.15) is 18.4 Å². The van der Waals surface area contributed by atoms with E-state index in [1.165, 1.54) is 0 Å². The molecule has 3 fully saturated rings. The third kappa shape index (κ3) is 4.13. The molecular weight excluding hydrogens is 368 g/mol. The van der Waals surface area contributed by atoms with Crippen LogP contribution in [0.5, 0.6) is 0 Å². The fraction of sp³-hybridized carbons (Fsp3) is 0.600. The number of rotatable bonds is 4. The molecule has 0 radical (unpaired) electrons. The van der Waals surface area contributed by atoms with Crippen LogP contribution in [-0.4, -0.2) is 72.7 Å². The van der Waals surface area contributed by atoms with Crippen LogP contribution in [0.15, 0.2) is 24.3 Å². The van der Waals surface area contributed by atoms with E-state index >= 15 is 0 Å². The summed E-state index contributed by atoms with van der Waals surface area (Å²) >= 11 is 5.92. The number of halogens is 1. The van der Waals surface area contributed by atoms with Gasteiger partial charge in [-0.1, -0.05) is 23.7 Å². The predicted octanol–water partition coefficient (Wildman–Crippen LogP) is 2.15. The Kier molecular flexibility index (Phi) is 6.08. The van der Waals surface area contributed by atoms with Gasteiger partial charge in [0.25, 0.3) is 6.47 Å². The van der Waals surface area contributed by atoms with Crippen molar-refractivity contribution in [3.63, 3.8) is 0 Å². The average Bonchev–Trinajstić information content (AvgIpc) is 3.27. The van der Waals surface area contributed by atoms with Crippen LogP contribution in [-0.2, 0) is 20.7 Å². The van der Waals surface area contributed by atoms with Gasteiger partial charge in [0.05, 0.1) is 24.7 Å². The molecule has 0 unspecified atom stereocenters. The zero-order chi connectivity index (χ0) is 19.6. The van der Waals surface area contributed by atoms with Crippen LogP contribution in [0.3, 0.4) is 0 Å². The number of hydrogen-bond donors (Lipinski definition) is 1. The number of amides is 1. The van der Waals surface area contributed by atoms with Crippen LogP contribution in [0.2, 0.25) is 5.02 Å². The molecule has 1 N–H and O–H groups in total. The van der Waals surface area contributed by atoms with Crippen molar-refractivity contribution in [1.29, 1.82) is 0 Å². The maximum Gasteiger partial charge on any atom is 0.290 e. The zero-order valence-electron chi connectivity index (χ0n) is 15.8. The Hall–Kier alpha value is -1.63. The van der Waals surface area contributed by atoms with Gasteiger partial charge in [-0.05, 0) is 44.6 Å². The van der Waals surface area contributed by atoms with Gasteiger partial charge in [-0.3, -0.25) is 9.59 Å². The molecule has 3 heterocycles. The van der Waals surface area contributed by atoms with Crippen LogP contribution < -0.4 is 0 Å². The van der Waals surface area contributed by atoms with Crippen molar-refractivity contribution in [3.8, 4) is 0 Å². The van der Waals surface area contributed by atoms with Crippen LogP contribution in [0, 0.1) is 11.8 Å². The standard InChI is InChI=1S/C19H25ClN2O2.CH2O2/c1-21(2)10-15-16-11-22(12-19(16)8-7-17(15)24-19)18(23)9-13-3-5-14(20)6-4-13;2-1-3/h3-6,15-17H,7-12H2,1-2H3;1H,(H,2,3)/t15-,16+,17+,19+;/m0./s1. The van der Waals surface area contributed by atoms with Crippen molar-refractivity contribution in [2.24, 2.45) is 11.8 Å². The third-order valence-electron chi connectivity index (χ3n) is 5.98. The van der Waals surface area contributed by atoms with E-state index in [1.54, 1.807) is 0 Å². The molecule has 1 amide bonds. The molecular formula is C20H27ClN2O4. The number of hydrogen-bond acceptors (Lipinski definition) is 4. The highest BCUT2D eigenvalue weighted by Crippen LogP contribution is 2.54. The van der Waals surface area contributed by atoms with Crippen LogP contribution in [0.25, 0.3) is 0 Å². The summed E-state index contributed by atoms with van der Waals surface area (Å²) in [5.74, 6) is 1.26. The minimum Gasteiger partial charge on any atom is -0.483 e. The average molecular weight is 395 g/mol. The van der Waals surface area contributed by atoms with Gasteiger partial charge in [0, 0.05) is 29.9 Å². The highest BCUT2D eigenvalue weighted by atomic mass is 35.5. The number of carbonyl (C=O) groups is 2. The zero-order valence-corrected chi connectivity index (χ0v) is 16.6. The van der Waals surface area contributed by atoms with E-state index in [1.807, 2.05) is 29.2 Å². The SMILES string of the molecule is CN(C)C[C@H]1[C@H]2CN(C(=O)Cc3ccc(Cl)cc3)C[C@]23CC[C@H]1O3.O=CO. The number of carboxylic acid groups (broad SMARTS) is 1. The minimum atomic E-state index is -0.250. The number of benzene rings is 1. The molecule has 7 heteroatoms. The lowest BCUT2D eigenvalue weighted by molar-refractivity contribution is -0.131. The highest BCUT2D eigenvalue weighted by molar-refractivity contribution is 6.30. The van der Waals surface area contributed by atoms with E-state index < -0.39 is 0 Å². The van der Waals surface area contributed by atoms with Crippen molar-refractivity contribution >= 4 is 24.0 Å². The highest BCUT2D eigenvalue weighted by Gasteiger charge is 2.63. The van der Waals surface area contributed by atoms with Crippen molar-refractivity contribution in [2.45, 2.75) is 31.0 Å². The van der Waals surface area contributed by atoms with Gasteiger partial charge in [0.1, 0.15) is 0 Å². The van der Waals surface area contributed by atoms with E-state index in [4.69, 9.17) is 26.2 Å². The molecule has 2 bridgehead atoms. The Labute approximate surface area is 165 Å². The molecule has 3 aliphatic heterocycles. The molecule has 6 nitrogen and oxygen atoms in total. The van der Waals surface area contributed by atoms with E-state index in [0.29, 0.717) is 29.4 Å². The third-order valence-corrected chi connectivity index (χ3v) is 6.23. The summed E-state index contributed by atoms with van der Waals surface area (Å²) < 4.78 is 6.41. The normalized spacial score (nSPS) is 30.8. The molecule has 0 saturated carbocycles. The molecule has 1 aromatic rings. The first kappa shape index (κ1) is 20.1. The first-order valence-corrected chi connectivity index (χ1v) is 9.69. The number of ether oxygens (including phenoxy) is 1. The summed E-state index contributed by atoms with van der Waals surface area (Å²) in [6.07, 6.45) is 3.10. The summed E-state index contributed by atoms with van der Waals surface area (Å²) in [4.78, 5) is 25.4. The maximum atomic E-state index is 12.8. The molecule has 148 valence electrons. The molecule has 1 spiro atoms. The molecule has 1 aromatic carbocycles. The molecule has 27 heavy (non-hydrogen) atoms. The van der Waals surface area contributed by atoms with Gasteiger partial charge < -0.3 is 19.6 Å². The fourth-order valence-corrected chi connectivity index (χ4v) is 5.06. The first-order chi connectivity index (χ1) is 12.9. The first-order valence-electron chi connectivity index (χ1n) is 9.31. The van der Waals surface area contributed by atoms with Gasteiger partial charge in [-0.2, -0.15) is 0 Å². The quantitative estimate of drug-likeness (QED) is 0.792. The van der Waals surface area contributed by atoms with Gasteiger partial charge >= 0.3 is 0 Å². The fourth-order valence-electron chi connectivity index (χ4n) is 4.93. The van der Waals surface area contributed by atoms with Crippen molar-refractivity contribution < 1.29 is 19.4 Å². The second kappa shape index (κ2) is 8.17. The molecule has 4 rings (SSSR count). The molecule has 0 aromatic heterocycles. The van der Waals surface area contributed by atoms with Crippen molar-refractivity contribution in [3.05, 3.63) is 34.9 Å². The van der Waals surface area contributed by atoms with Gasteiger partial charge in [0.15, 0.2) is 0 Å². The lowest BCUT2D eigenvalue weighted by Gasteiger charge is -2.30. The number of likely N-dealkylation sites (tertiary alicyclic amines) is 1. The van der Waals surface area contributed by atoms with Gasteiger partial charge in [-0.25, -0.2) is 0 Å². The monoisotopic (exact) mass is 394 g/mol.